The quantitative estimate of drug-likeness (QED) is 0.415. The zero-order valence-electron chi connectivity index (χ0n) is 23.1. The van der Waals surface area contributed by atoms with E-state index in [9.17, 15) is 9.59 Å². The van der Waals surface area contributed by atoms with E-state index in [4.69, 9.17) is 13.9 Å². The summed E-state index contributed by atoms with van der Waals surface area (Å²) in [5.41, 5.74) is -0.373. The normalized spacial score (nSPS) is 27.8. The predicted molar refractivity (Wildman–Crippen MR) is 150 cm³/mol. The van der Waals surface area contributed by atoms with Crippen LogP contribution < -0.4 is 10.4 Å². The van der Waals surface area contributed by atoms with Crippen LogP contribution >= 0.6 is 0 Å². The summed E-state index contributed by atoms with van der Waals surface area (Å²) in [7, 11) is -1.11. The summed E-state index contributed by atoms with van der Waals surface area (Å²) in [5.74, 6) is -0.246. The van der Waals surface area contributed by atoms with Gasteiger partial charge in [-0.15, -0.1) is 0 Å². The predicted octanol–water partition coefficient (Wildman–Crippen LogP) is 3.97. The molecule has 4 atom stereocenters. The number of rotatable bonds is 6. The van der Waals surface area contributed by atoms with E-state index in [2.05, 4.69) is 69.3 Å². The minimum atomic E-state index is -2.75. The lowest BCUT2D eigenvalue weighted by atomic mass is 9.85. The van der Waals surface area contributed by atoms with Crippen molar-refractivity contribution in [1.29, 1.82) is 0 Å². The van der Waals surface area contributed by atoms with Crippen molar-refractivity contribution in [2.75, 3.05) is 13.7 Å². The molecule has 0 aromatic heterocycles. The Morgan fingerprint density at radius 1 is 0.974 bits per heavy atom. The van der Waals surface area contributed by atoms with Crippen LogP contribution in [0.4, 0.5) is 0 Å². The molecule has 0 radical (unpaired) electrons. The van der Waals surface area contributed by atoms with Gasteiger partial charge in [-0.2, -0.15) is 0 Å². The maximum absolute atomic E-state index is 13.6. The van der Waals surface area contributed by atoms with E-state index < -0.39 is 13.9 Å². The van der Waals surface area contributed by atoms with Crippen LogP contribution in [0.2, 0.25) is 5.04 Å². The molecule has 2 aromatic carbocycles. The van der Waals surface area contributed by atoms with Gasteiger partial charge in [-0.3, -0.25) is 4.79 Å². The number of nitrogens with zero attached hydrogens (tertiary/aromatic N) is 1. The summed E-state index contributed by atoms with van der Waals surface area (Å²) in [6.07, 6.45) is 3.94. The maximum atomic E-state index is 13.6. The third-order valence-corrected chi connectivity index (χ3v) is 13.7. The third kappa shape index (κ3) is 4.25. The van der Waals surface area contributed by atoms with Crippen LogP contribution in [0.15, 0.2) is 72.3 Å². The monoisotopic (exact) mass is 533 g/mol. The van der Waals surface area contributed by atoms with Crippen LogP contribution in [0.1, 0.15) is 53.4 Å². The molecular formula is C31H39NO5Si. The highest BCUT2D eigenvalue weighted by atomic mass is 28.4. The molecule has 5 rings (SSSR count). The van der Waals surface area contributed by atoms with Crippen LogP contribution in [-0.4, -0.2) is 62.6 Å². The molecule has 3 aliphatic heterocycles. The Kier molecular flexibility index (Phi) is 7.13. The number of carbonyl (C=O) groups is 2. The minimum absolute atomic E-state index is 0.0801. The van der Waals surface area contributed by atoms with Gasteiger partial charge in [-0.05, 0) is 47.7 Å². The van der Waals surface area contributed by atoms with E-state index in [1.807, 2.05) is 23.1 Å². The first kappa shape index (κ1) is 26.8. The Morgan fingerprint density at radius 2 is 1.58 bits per heavy atom. The SMILES string of the molecule is CO[C@@H]1CCC(=O)N2[C@H](CO[Si](c3ccccc3)(c3ccccc3)C(C)(C)C)CC[C@H]2[C@@]12C=C(C)C(=O)O2. The number of amides is 1. The van der Waals surface area contributed by atoms with Gasteiger partial charge in [0.15, 0.2) is 5.60 Å². The van der Waals surface area contributed by atoms with Crippen molar-refractivity contribution in [1.82, 2.24) is 4.90 Å². The average Bonchev–Trinajstić information content (AvgIpc) is 3.43. The average molecular weight is 534 g/mol. The second kappa shape index (κ2) is 10.1. The summed E-state index contributed by atoms with van der Waals surface area (Å²) in [6, 6.07) is 20.8. The summed E-state index contributed by atoms with van der Waals surface area (Å²) in [6.45, 7) is 8.99. The lowest BCUT2D eigenvalue weighted by molar-refractivity contribution is -0.167. The highest BCUT2D eigenvalue weighted by Crippen LogP contribution is 2.46. The molecule has 0 N–H and O–H groups in total. The van der Waals surface area contributed by atoms with Crippen molar-refractivity contribution >= 4 is 30.6 Å². The Balaban J connectivity index is 1.52. The zero-order valence-corrected chi connectivity index (χ0v) is 24.1. The second-order valence-corrected chi connectivity index (χ2v) is 16.2. The molecule has 0 bridgehead atoms. The zero-order chi connectivity index (χ0) is 27.1. The number of methoxy groups -OCH3 is 1. The number of hydrogen-bond donors (Lipinski definition) is 0. The van der Waals surface area contributed by atoms with Gasteiger partial charge < -0.3 is 18.8 Å². The van der Waals surface area contributed by atoms with E-state index >= 15 is 0 Å². The number of esters is 1. The van der Waals surface area contributed by atoms with E-state index in [0.29, 0.717) is 25.0 Å². The molecule has 2 aromatic rings. The second-order valence-electron chi connectivity index (χ2n) is 11.9. The van der Waals surface area contributed by atoms with Crippen molar-refractivity contribution in [3.8, 4) is 0 Å². The lowest BCUT2D eigenvalue weighted by Gasteiger charge is -2.45. The van der Waals surface area contributed by atoms with Crippen molar-refractivity contribution < 1.29 is 23.5 Å². The molecule has 2 fully saturated rings. The molecule has 0 unspecified atom stereocenters. The molecule has 202 valence electrons. The number of ether oxygens (including phenoxy) is 2. The molecule has 1 spiro atoms. The summed E-state index contributed by atoms with van der Waals surface area (Å²) in [5, 5.41) is 2.28. The molecule has 3 heterocycles. The van der Waals surface area contributed by atoms with Gasteiger partial charge in [-0.25, -0.2) is 4.79 Å². The van der Waals surface area contributed by atoms with Gasteiger partial charge in [0.2, 0.25) is 5.91 Å². The van der Waals surface area contributed by atoms with E-state index in [0.717, 1.165) is 12.8 Å². The lowest BCUT2D eigenvalue weighted by Crippen LogP contribution is -2.67. The minimum Gasteiger partial charge on any atom is -0.446 e. The standard InChI is InChI=1S/C31H39NO5Si/c1-22-20-31(37-29(22)34)26-17-16-23(32(26)28(33)19-18-27(31)35-5)21-36-38(30(2,3)4,24-12-8-6-9-13-24)25-14-10-7-11-15-25/h6-15,20,23,26-27H,16-19,21H2,1-5H3/t23-,26-,27+,31-/m0/s1. The Morgan fingerprint density at radius 3 is 2.08 bits per heavy atom. The molecule has 38 heavy (non-hydrogen) atoms. The fourth-order valence-electron chi connectivity index (χ4n) is 6.97. The molecule has 6 nitrogen and oxygen atoms in total. The molecule has 2 saturated heterocycles. The summed E-state index contributed by atoms with van der Waals surface area (Å²) in [4.78, 5) is 28.2. The Hall–Kier alpha value is -2.74. The Labute approximate surface area is 227 Å². The molecule has 0 aliphatic carbocycles. The van der Waals surface area contributed by atoms with E-state index in [1.54, 1.807) is 14.0 Å². The first-order chi connectivity index (χ1) is 18.1. The van der Waals surface area contributed by atoms with Crippen LogP contribution in [0.5, 0.6) is 0 Å². The highest BCUT2D eigenvalue weighted by molar-refractivity contribution is 6.99. The van der Waals surface area contributed by atoms with Crippen molar-refractivity contribution in [3.63, 3.8) is 0 Å². The molecular weight excluding hydrogens is 494 g/mol. The van der Waals surface area contributed by atoms with E-state index in [1.165, 1.54) is 10.4 Å². The third-order valence-electron chi connectivity index (χ3n) is 8.66. The summed E-state index contributed by atoms with van der Waals surface area (Å²) >= 11 is 0. The van der Waals surface area contributed by atoms with Gasteiger partial charge >= 0.3 is 5.97 Å². The largest absolute Gasteiger partial charge is 0.446 e. The van der Waals surface area contributed by atoms with Crippen LogP contribution in [0, 0.1) is 0 Å². The topological polar surface area (TPSA) is 65.1 Å². The maximum Gasteiger partial charge on any atom is 0.334 e. The van der Waals surface area contributed by atoms with Gasteiger partial charge in [0.05, 0.1) is 18.7 Å². The first-order valence-corrected chi connectivity index (χ1v) is 15.6. The highest BCUT2D eigenvalue weighted by Gasteiger charge is 2.60. The number of hydrogen-bond acceptors (Lipinski definition) is 5. The van der Waals surface area contributed by atoms with Crippen LogP contribution in [0.25, 0.3) is 0 Å². The van der Waals surface area contributed by atoms with Gasteiger partial charge in [0, 0.05) is 19.1 Å². The van der Waals surface area contributed by atoms with Gasteiger partial charge in [0.1, 0.15) is 6.10 Å². The van der Waals surface area contributed by atoms with Crippen molar-refractivity contribution in [2.24, 2.45) is 0 Å². The van der Waals surface area contributed by atoms with Crippen LogP contribution in [0.3, 0.4) is 0 Å². The van der Waals surface area contributed by atoms with Gasteiger partial charge in [0.25, 0.3) is 8.32 Å². The number of carbonyl (C=O) groups excluding carboxylic acids is 2. The molecule has 3 aliphatic rings. The molecule has 0 saturated carbocycles. The fraction of sp³-hybridized carbons (Fsp3) is 0.484. The first-order valence-electron chi connectivity index (χ1n) is 13.7. The number of benzene rings is 2. The van der Waals surface area contributed by atoms with Gasteiger partial charge in [-0.1, -0.05) is 81.4 Å². The van der Waals surface area contributed by atoms with Crippen molar-refractivity contribution in [2.45, 2.75) is 82.2 Å². The molecule has 1 amide bonds. The fourth-order valence-corrected chi connectivity index (χ4v) is 11.6. The molecule has 7 heteroatoms. The van der Waals surface area contributed by atoms with E-state index in [-0.39, 0.29) is 35.1 Å². The summed E-state index contributed by atoms with van der Waals surface area (Å²) < 4.78 is 19.1. The number of fused-ring (bicyclic) bond motifs is 2. The van der Waals surface area contributed by atoms with Crippen molar-refractivity contribution in [3.05, 3.63) is 72.3 Å². The van der Waals surface area contributed by atoms with Crippen LogP contribution in [-0.2, 0) is 23.5 Å². The Bertz CT molecular complexity index is 1170. The smallest absolute Gasteiger partial charge is 0.334 e.